The molecule has 0 aliphatic heterocycles. The third-order valence-electron chi connectivity index (χ3n) is 1.81. The molecule has 0 spiro atoms. The first-order valence-electron chi connectivity index (χ1n) is 4.39. The zero-order chi connectivity index (χ0) is 10.5. The van der Waals surface area contributed by atoms with Crippen molar-refractivity contribution in [3.63, 3.8) is 0 Å². The number of hydrogen-bond acceptors (Lipinski definition) is 4. The van der Waals surface area contributed by atoms with E-state index in [4.69, 9.17) is 0 Å². The van der Waals surface area contributed by atoms with E-state index in [9.17, 15) is 4.79 Å². The molecule has 2 N–H and O–H groups in total. The number of amides is 1. The first kappa shape index (κ1) is 9.32. The van der Waals surface area contributed by atoms with E-state index in [2.05, 4.69) is 25.5 Å². The van der Waals surface area contributed by atoms with E-state index >= 15 is 0 Å². The van der Waals surface area contributed by atoms with E-state index in [1.54, 1.807) is 12.4 Å². The Morgan fingerprint density at radius 1 is 1.53 bits per heavy atom. The highest BCUT2D eigenvalue weighted by atomic mass is 16.2. The number of hydrogen-bond donors (Lipinski definition) is 2. The SMILES string of the molecule is O=C(NCc1cccnc1)c1ncn[nH]1. The van der Waals surface area contributed by atoms with Crippen LogP contribution in [0.3, 0.4) is 0 Å². The molecule has 0 saturated heterocycles. The minimum atomic E-state index is -0.281. The summed E-state index contributed by atoms with van der Waals surface area (Å²) in [6.07, 6.45) is 4.67. The lowest BCUT2D eigenvalue weighted by Crippen LogP contribution is -2.24. The van der Waals surface area contributed by atoms with Gasteiger partial charge >= 0.3 is 0 Å². The molecule has 2 heterocycles. The van der Waals surface area contributed by atoms with E-state index in [1.165, 1.54) is 6.33 Å². The molecule has 0 bridgehead atoms. The Morgan fingerprint density at radius 3 is 3.13 bits per heavy atom. The van der Waals surface area contributed by atoms with Gasteiger partial charge in [0, 0.05) is 18.9 Å². The van der Waals surface area contributed by atoms with Crippen molar-refractivity contribution in [2.75, 3.05) is 0 Å². The van der Waals surface area contributed by atoms with Gasteiger partial charge in [0.05, 0.1) is 0 Å². The summed E-state index contributed by atoms with van der Waals surface area (Å²) in [4.78, 5) is 19.1. The van der Waals surface area contributed by atoms with Gasteiger partial charge in [-0.15, -0.1) is 0 Å². The summed E-state index contributed by atoms with van der Waals surface area (Å²) in [6, 6.07) is 3.70. The van der Waals surface area contributed by atoms with Crippen molar-refractivity contribution in [2.45, 2.75) is 6.54 Å². The lowest BCUT2D eigenvalue weighted by atomic mass is 10.3. The number of carbonyl (C=O) groups excluding carboxylic acids is 1. The Hall–Kier alpha value is -2.24. The van der Waals surface area contributed by atoms with Crippen LogP contribution in [0, 0.1) is 0 Å². The molecule has 76 valence electrons. The van der Waals surface area contributed by atoms with Gasteiger partial charge in [0.2, 0.25) is 5.82 Å². The number of H-pyrrole nitrogens is 1. The zero-order valence-electron chi connectivity index (χ0n) is 7.84. The molecule has 0 aliphatic rings. The minimum Gasteiger partial charge on any atom is -0.345 e. The first-order valence-corrected chi connectivity index (χ1v) is 4.39. The van der Waals surface area contributed by atoms with Gasteiger partial charge in [-0.1, -0.05) is 6.07 Å². The van der Waals surface area contributed by atoms with Crippen molar-refractivity contribution in [3.05, 3.63) is 42.2 Å². The normalized spacial score (nSPS) is 9.87. The first-order chi connectivity index (χ1) is 7.36. The van der Waals surface area contributed by atoms with E-state index in [0.29, 0.717) is 6.54 Å². The maximum absolute atomic E-state index is 11.4. The molecule has 0 aliphatic carbocycles. The van der Waals surface area contributed by atoms with Crippen molar-refractivity contribution in [1.82, 2.24) is 25.5 Å². The van der Waals surface area contributed by atoms with Gasteiger partial charge < -0.3 is 5.32 Å². The molecule has 0 aromatic carbocycles. The fraction of sp³-hybridized carbons (Fsp3) is 0.111. The molecule has 15 heavy (non-hydrogen) atoms. The number of nitrogens with zero attached hydrogens (tertiary/aromatic N) is 3. The van der Waals surface area contributed by atoms with Crippen molar-refractivity contribution in [3.8, 4) is 0 Å². The van der Waals surface area contributed by atoms with Crippen LogP contribution in [0.1, 0.15) is 16.2 Å². The molecular formula is C9H9N5O. The lowest BCUT2D eigenvalue weighted by Gasteiger charge is -2.01. The molecule has 2 aromatic rings. The Kier molecular flexibility index (Phi) is 2.68. The highest BCUT2D eigenvalue weighted by Gasteiger charge is 2.07. The maximum Gasteiger partial charge on any atom is 0.288 e. The number of nitrogens with one attached hydrogen (secondary N) is 2. The molecule has 0 fully saturated rings. The van der Waals surface area contributed by atoms with Gasteiger partial charge in [0.25, 0.3) is 5.91 Å². The second-order valence-electron chi connectivity index (χ2n) is 2.88. The summed E-state index contributed by atoms with van der Waals surface area (Å²) in [5.74, 6) is -0.0738. The van der Waals surface area contributed by atoms with Gasteiger partial charge in [0.1, 0.15) is 6.33 Å². The van der Waals surface area contributed by atoms with Crippen LogP contribution >= 0.6 is 0 Å². The maximum atomic E-state index is 11.4. The molecule has 2 aromatic heterocycles. The molecule has 0 radical (unpaired) electrons. The van der Waals surface area contributed by atoms with Crippen molar-refractivity contribution < 1.29 is 4.79 Å². The summed E-state index contributed by atoms with van der Waals surface area (Å²) in [5.41, 5.74) is 0.936. The van der Waals surface area contributed by atoms with Crippen LogP contribution in [0.15, 0.2) is 30.9 Å². The predicted molar refractivity (Wildman–Crippen MR) is 51.8 cm³/mol. The van der Waals surface area contributed by atoms with E-state index < -0.39 is 0 Å². The molecule has 2 rings (SSSR count). The second kappa shape index (κ2) is 4.32. The average Bonchev–Trinajstić information content (AvgIpc) is 2.81. The molecule has 1 amide bonds. The van der Waals surface area contributed by atoms with Crippen LogP contribution in [-0.4, -0.2) is 26.1 Å². The minimum absolute atomic E-state index is 0.207. The van der Waals surface area contributed by atoms with Crippen LogP contribution in [0.5, 0.6) is 0 Å². The van der Waals surface area contributed by atoms with E-state index in [0.717, 1.165) is 5.56 Å². The third-order valence-corrected chi connectivity index (χ3v) is 1.81. The van der Waals surface area contributed by atoms with Crippen LogP contribution in [0.2, 0.25) is 0 Å². The number of aromatic nitrogens is 4. The Labute approximate surface area is 85.8 Å². The quantitative estimate of drug-likeness (QED) is 0.742. The number of aromatic amines is 1. The van der Waals surface area contributed by atoms with Crippen LogP contribution in [-0.2, 0) is 6.54 Å². The van der Waals surface area contributed by atoms with E-state index in [1.807, 2.05) is 12.1 Å². The number of pyridine rings is 1. The molecule has 0 atom stereocenters. The zero-order valence-corrected chi connectivity index (χ0v) is 7.84. The summed E-state index contributed by atoms with van der Waals surface area (Å²) >= 11 is 0. The Bertz CT molecular complexity index is 425. The lowest BCUT2D eigenvalue weighted by molar-refractivity contribution is 0.0941. The Balaban J connectivity index is 1.92. The Morgan fingerprint density at radius 2 is 2.47 bits per heavy atom. The molecule has 0 saturated carbocycles. The highest BCUT2D eigenvalue weighted by Crippen LogP contribution is 1.95. The molecule has 0 unspecified atom stereocenters. The summed E-state index contributed by atoms with van der Waals surface area (Å²) in [6.45, 7) is 0.424. The van der Waals surface area contributed by atoms with Crippen molar-refractivity contribution in [2.24, 2.45) is 0 Å². The third kappa shape index (κ3) is 2.37. The number of rotatable bonds is 3. The van der Waals surface area contributed by atoms with Crippen molar-refractivity contribution >= 4 is 5.91 Å². The van der Waals surface area contributed by atoms with Gasteiger partial charge in [0.15, 0.2) is 0 Å². The standard InChI is InChI=1S/C9H9N5O/c15-9(8-12-6-13-14-8)11-5-7-2-1-3-10-4-7/h1-4,6H,5H2,(H,11,15)(H,12,13,14). The average molecular weight is 203 g/mol. The smallest absolute Gasteiger partial charge is 0.288 e. The topological polar surface area (TPSA) is 83.6 Å². The molecular weight excluding hydrogens is 194 g/mol. The highest BCUT2D eigenvalue weighted by molar-refractivity contribution is 5.90. The molecule has 6 nitrogen and oxygen atoms in total. The number of carbonyl (C=O) groups is 1. The van der Waals surface area contributed by atoms with Gasteiger partial charge in [-0.3, -0.25) is 14.9 Å². The predicted octanol–water partition coefficient (Wildman–Crippen LogP) is 0.130. The summed E-state index contributed by atoms with van der Waals surface area (Å²) in [7, 11) is 0. The van der Waals surface area contributed by atoms with Crippen LogP contribution < -0.4 is 5.32 Å². The fourth-order valence-corrected chi connectivity index (χ4v) is 1.08. The fourth-order valence-electron chi connectivity index (χ4n) is 1.08. The van der Waals surface area contributed by atoms with Crippen LogP contribution in [0.25, 0.3) is 0 Å². The summed E-state index contributed by atoms with van der Waals surface area (Å²) in [5, 5.41) is 8.76. The van der Waals surface area contributed by atoms with E-state index in [-0.39, 0.29) is 11.7 Å². The second-order valence-corrected chi connectivity index (χ2v) is 2.88. The molecule has 6 heteroatoms. The summed E-state index contributed by atoms with van der Waals surface area (Å²) < 4.78 is 0. The van der Waals surface area contributed by atoms with Crippen LogP contribution in [0.4, 0.5) is 0 Å². The van der Waals surface area contributed by atoms with Crippen molar-refractivity contribution in [1.29, 1.82) is 0 Å². The van der Waals surface area contributed by atoms with Gasteiger partial charge in [-0.25, -0.2) is 4.98 Å². The van der Waals surface area contributed by atoms with Gasteiger partial charge in [-0.05, 0) is 11.6 Å². The van der Waals surface area contributed by atoms with Gasteiger partial charge in [-0.2, -0.15) is 5.10 Å². The largest absolute Gasteiger partial charge is 0.345 e. The monoisotopic (exact) mass is 203 g/mol.